The van der Waals surface area contributed by atoms with Gasteiger partial charge in [-0.05, 0) is 49.8 Å². The fourth-order valence-electron chi connectivity index (χ4n) is 3.88. The summed E-state index contributed by atoms with van der Waals surface area (Å²) in [5.41, 5.74) is 4.27. The maximum absolute atomic E-state index is 5.24. The van der Waals surface area contributed by atoms with Crippen LogP contribution in [0.5, 0.6) is 0 Å². The Morgan fingerprint density at radius 1 is 1.21 bits per heavy atom. The van der Waals surface area contributed by atoms with E-state index in [0.717, 1.165) is 32.2 Å². The molecular formula is C20H29N3O. The summed E-state index contributed by atoms with van der Waals surface area (Å²) in [6, 6.07) is 7.56. The highest BCUT2D eigenvalue weighted by atomic mass is 16.5. The van der Waals surface area contributed by atoms with E-state index in [4.69, 9.17) is 4.74 Å². The van der Waals surface area contributed by atoms with Crippen molar-refractivity contribution in [3.8, 4) is 0 Å². The van der Waals surface area contributed by atoms with Gasteiger partial charge in [0.05, 0.1) is 5.52 Å². The van der Waals surface area contributed by atoms with Gasteiger partial charge in [0.2, 0.25) is 0 Å². The molecule has 1 aromatic heterocycles. The monoisotopic (exact) mass is 327 g/mol. The van der Waals surface area contributed by atoms with Crippen LogP contribution in [0.2, 0.25) is 0 Å². The Kier molecular flexibility index (Phi) is 4.76. The molecule has 2 heterocycles. The number of rotatable bonds is 8. The van der Waals surface area contributed by atoms with Crippen LogP contribution in [0.25, 0.3) is 10.9 Å². The summed E-state index contributed by atoms with van der Waals surface area (Å²) in [6.07, 6.45) is 8.75. The SMILES string of the molecule is COCCCn1cc(CNC2CC2)c2c(N3CCCC3)cccc21. The first kappa shape index (κ1) is 16.0. The lowest BCUT2D eigenvalue weighted by Gasteiger charge is -2.20. The molecule has 2 aliphatic rings. The van der Waals surface area contributed by atoms with E-state index in [1.807, 2.05) is 0 Å². The maximum Gasteiger partial charge on any atom is 0.0504 e. The molecule has 1 aromatic carbocycles. The number of hydrogen-bond donors (Lipinski definition) is 1. The van der Waals surface area contributed by atoms with Gasteiger partial charge in [0, 0.05) is 63.2 Å². The predicted molar refractivity (Wildman–Crippen MR) is 99.7 cm³/mol. The van der Waals surface area contributed by atoms with Crippen molar-refractivity contribution in [2.45, 2.75) is 51.2 Å². The minimum atomic E-state index is 0.746. The molecule has 24 heavy (non-hydrogen) atoms. The molecule has 0 unspecified atom stereocenters. The molecular weight excluding hydrogens is 298 g/mol. The lowest BCUT2D eigenvalue weighted by atomic mass is 10.1. The van der Waals surface area contributed by atoms with Crippen molar-refractivity contribution < 1.29 is 4.74 Å². The molecule has 0 spiro atoms. The van der Waals surface area contributed by atoms with Gasteiger partial charge in [0.25, 0.3) is 0 Å². The van der Waals surface area contributed by atoms with Crippen LogP contribution in [0, 0.1) is 0 Å². The molecule has 1 saturated carbocycles. The number of nitrogens with zero attached hydrogens (tertiary/aromatic N) is 2. The number of methoxy groups -OCH3 is 1. The number of aryl methyl sites for hydroxylation is 1. The first-order valence-corrected chi connectivity index (χ1v) is 9.45. The Bertz CT molecular complexity index is 683. The van der Waals surface area contributed by atoms with E-state index in [1.165, 1.54) is 60.9 Å². The summed E-state index contributed by atoms with van der Waals surface area (Å²) >= 11 is 0. The average Bonchev–Trinajstić information content (AvgIpc) is 3.14. The van der Waals surface area contributed by atoms with Crippen molar-refractivity contribution >= 4 is 16.6 Å². The van der Waals surface area contributed by atoms with Crippen molar-refractivity contribution in [3.05, 3.63) is 30.0 Å². The molecule has 0 radical (unpaired) electrons. The highest BCUT2D eigenvalue weighted by Gasteiger charge is 2.23. The van der Waals surface area contributed by atoms with E-state index < -0.39 is 0 Å². The smallest absolute Gasteiger partial charge is 0.0504 e. The molecule has 0 atom stereocenters. The summed E-state index contributed by atoms with van der Waals surface area (Å²) in [6.45, 7) is 5.23. The molecule has 1 aliphatic heterocycles. The minimum Gasteiger partial charge on any atom is -0.385 e. The van der Waals surface area contributed by atoms with Gasteiger partial charge >= 0.3 is 0 Å². The molecule has 4 rings (SSSR count). The van der Waals surface area contributed by atoms with E-state index in [0.29, 0.717) is 0 Å². The van der Waals surface area contributed by atoms with E-state index >= 15 is 0 Å². The molecule has 2 fully saturated rings. The van der Waals surface area contributed by atoms with Crippen LogP contribution < -0.4 is 10.2 Å². The summed E-state index contributed by atoms with van der Waals surface area (Å²) in [5, 5.41) is 5.17. The van der Waals surface area contributed by atoms with Crippen molar-refractivity contribution in [2.24, 2.45) is 0 Å². The van der Waals surface area contributed by atoms with Crippen LogP contribution in [0.3, 0.4) is 0 Å². The van der Waals surface area contributed by atoms with Gasteiger partial charge in [0.1, 0.15) is 0 Å². The highest BCUT2D eigenvalue weighted by molar-refractivity contribution is 5.96. The number of fused-ring (bicyclic) bond motifs is 1. The molecule has 0 bridgehead atoms. The first-order chi connectivity index (χ1) is 11.9. The second kappa shape index (κ2) is 7.16. The third-order valence-corrected chi connectivity index (χ3v) is 5.32. The number of nitrogens with one attached hydrogen (secondary N) is 1. The zero-order chi connectivity index (χ0) is 16.4. The van der Waals surface area contributed by atoms with E-state index in [-0.39, 0.29) is 0 Å². The van der Waals surface area contributed by atoms with Crippen molar-refractivity contribution in [3.63, 3.8) is 0 Å². The molecule has 130 valence electrons. The maximum atomic E-state index is 5.24. The molecule has 4 nitrogen and oxygen atoms in total. The van der Waals surface area contributed by atoms with Crippen molar-refractivity contribution in [1.82, 2.24) is 9.88 Å². The quantitative estimate of drug-likeness (QED) is 0.752. The number of anilines is 1. The Balaban J connectivity index is 1.68. The van der Waals surface area contributed by atoms with E-state index in [9.17, 15) is 0 Å². The van der Waals surface area contributed by atoms with Gasteiger partial charge in [-0.2, -0.15) is 0 Å². The van der Waals surface area contributed by atoms with Crippen LogP contribution in [0.1, 0.15) is 37.7 Å². The van der Waals surface area contributed by atoms with Gasteiger partial charge in [-0.3, -0.25) is 0 Å². The van der Waals surface area contributed by atoms with Crippen LogP contribution in [-0.4, -0.2) is 37.4 Å². The third kappa shape index (κ3) is 3.31. The molecule has 1 N–H and O–H groups in total. The summed E-state index contributed by atoms with van der Waals surface area (Å²) in [7, 11) is 1.78. The molecule has 1 aliphatic carbocycles. The zero-order valence-electron chi connectivity index (χ0n) is 14.8. The van der Waals surface area contributed by atoms with Gasteiger partial charge in [-0.25, -0.2) is 0 Å². The first-order valence-electron chi connectivity index (χ1n) is 9.45. The van der Waals surface area contributed by atoms with Crippen molar-refractivity contribution in [1.29, 1.82) is 0 Å². The Hall–Kier alpha value is -1.52. The number of aromatic nitrogens is 1. The molecule has 4 heteroatoms. The van der Waals surface area contributed by atoms with Crippen LogP contribution in [-0.2, 0) is 17.8 Å². The average molecular weight is 327 g/mol. The highest BCUT2D eigenvalue weighted by Crippen LogP contribution is 2.34. The van der Waals surface area contributed by atoms with Gasteiger partial charge in [-0.15, -0.1) is 0 Å². The standard InChI is InChI=1S/C20H29N3O/c1-24-13-5-12-23-15-16(14-21-17-8-9-17)20-18(6-4-7-19(20)23)22-10-2-3-11-22/h4,6-7,15,17,21H,2-3,5,8-14H2,1H3. The van der Waals surface area contributed by atoms with Gasteiger partial charge in [0.15, 0.2) is 0 Å². The fraction of sp³-hybridized carbons (Fsp3) is 0.600. The Morgan fingerprint density at radius 3 is 2.79 bits per heavy atom. The predicted octanol–water partition coefficient (Wildman–Crippen LogP) is 3.53. The number of benzene rings is 1. The minimum absolute atomic E-state index is 0.746. The van der Waals surface area contributed by atoms with Crippen LogP contribution >= 0.6 is 0 Å². The zero-order valence-corrected chi connectivity index (χ0v) is 14.8. The number of hydrogen-bond acceptors (Lipinski definition) is 3. The fourth-order valence-corrected chi connectivity index (χ4v) is 3.88. The van der Waals surface area contributed by atoms with E-state index in [2.05, 4.69) is 39.2 Å². The lowest BCUT2D eigenvalue weighted by Crippen LogP contribution is -2.19. The Labute approximate surface area is 144 Å². The topological polar surface area (TPSA) is 29.4 Å². The lowest BCUT2D eigenvalue weighted by molar-refractivity contribution is 0.190. The van der Waals surface area contributed by atoms with Crippen LogP contribution in [0.15, 0.2) is 24.4 Å². The van der Waals surface area contributed by atoms with Crippen LogP contribution in [0.4, 0.5) is 5.69 Å². The third-order valence-electron chi connectivity index (χ3n) is 5.32. The summed E-state index contributed by atoms with van der Waals surface area (Å²) in [5.74, 6) is 0. The molecule has 0 amide bonds. The number of ether oxygens (including phenoxy) is 1. The summed E-state index contributed by atoms with van der Waals surface area (Å²) in [4.78, 5) is 2.57. The van der Waals surface area contributed by atoms with Gasteiger partial charge in [-0.1, -0.05) is 6.07 Å². The van der Waals surface area contributed by atoms with Crippen molar-refractivity contribution in [2.75, 3.05) is 31.7 Å². The summed E-state index contributed by atoms with van der Waals surface area (Å²) < 4.78 is 7.67. The largest absolute Gasteiger partial charge is 0.385 e. The van der Waals surface area contributed by atoms with E-state index in [1.54, 1.807) is 7.11 Å². The Morgan fingerprint density at radius 2 is 2.04 bits per heavy atom. The van der Waals surface area contributed by atoms with Gasteiger partial charge < -0.3 is 19.5 Å². The second-order valence-electron chi connectivity index (χ2n) is 7.21. The molecule has 1 saturated heterocycles. The molecule has 2 aromatic rings. The second-order valence-corrected chi connectivity index (χ2v) is 7.21. The normalized spacial score (nSPS) is 18.0.